The van der Waals surface area contributed by atoms with Crippen LogP contribution in [0.1, 0.15) is 19.5 Å². The van der Waals surface area contributed by atoms with E-state index in [1.165, 1.54) is 0 Å². The highest BCUT2D eigenvalue weighted by Gasteiger charge is 2.24. The van der Waals surface area contributed by atoms with Gasteiger partial charge in [0.05, 0.1) is 35.7 Å². The lowest BCUT2D eigenvalue weighted by molar-refractivity contribution is -0.115. The first-order valence-corrected chi connectivity index (χ1v) is 9.30. The number of hydrogen-bond acceptors (Lipinski definition) is 4. The summed E-state index contributed by atoms with van der Waals surface area (Å²) in [6.07, 6.45) is 4.39. The van der Waals surface area contributed by atoms with Crippen molar-refractivity contribution in [2.75, 3.05) is 23.3 Å². The molecule has 6 heteroatoms. The van der Waals surface area contributed by atoms with Gasteiger partial charge in [0.15, 0.2) is 0 Å². The largest absolute Gasteiger partial charge is 0.372 e. The van der Waals surface area contributed by atoms with Crippen LogP contribution in [0.4, 0.5) is 11.4 Å². The molecule has 1 fully saturated rings. The average Bonchev–Trinajstić information content (AvgIpc) is 3.03. The van der Waals surface area contributed by atoms with Gasteiger partial charge in [-0.2, -0.15) is 0 Å². The van der Waals surface area contributed by atoms with Crippen molar-refractivity contribution in [1.29, 1.82) is 0 Å². The van der Waals surface area contributed by atoms with Crippen LogP contribution in [-0.2, 0) is 16.0 Å². The zero-order valence-corrected chi connectivity index (χ0v) is 15.6. The molecule has 1 aliphatic heterocycles. The first-order valence-electron chi connectivity index (χ1n) is 9.30. The number of imidazole rings is 1. The van der Waals surface area contributed by atoms with Crippen LogP contribution in [0, 0.1) is 0 Å². The number of anilines is 2. The molecular formula is C21H24N4O2. The molecule has 1 saturated heterocycles. The van der Waals surface area contributed by atoms with E-state index < -0.39 is 0 Å². The van der Waals surface area contributed by atoms with E-state index in [9.17, 15) is 4.79 Å². The fourth-order valence-corrected chi connectivity index (χ4v) is 3.66. The molecule has 2 aromatic heterocycles. The first-order chi connectivity index (χ1) is 13.1. The third kappa shape index (κ3) is 3.95. The number of benzene rings is 1. The number of nitrogens with one attached hydrogen (secondary N) is 1. The van der Waals surface area contributed by atoms with Gasteiger partial charge in [-0.1, -0.05) is 18.2 Å². The predicted octanol–water partition coefficient (Wildman–Crippen LogP) is 3.13. The molecule has 3 heterocycles. The maximum absolute atomic E-state index is 12.6. The molecule has 0 saturated carbocycles. The molecule has 2 atom stereocenters. The number of fused-ring (bicyclic) bond motifs is 1. The highest BCUT2D eigenvalue weighted by Crippen LogP contribution is 2.28. The summed E-state index contributed by atoms with van der Waals surface area (Å²) in [4.78, 5) is 19.4. The summed E-state index contributed by atoms with van der Waals surface area (Å²) in [5.41, 5.74) is 3.46. The summed E-state index contributed by atoms with van der Waals surface area (Å²) in [7, 11) is 0. The molecule has 0 unspecified atom stereocenters. The second kappa shape index (κ2) is 7.40. The van der Waals surface area contributed by atoms with Crippen molar-refractivity contribution in [2.24, 2.45) is 0 Å². The molecule has 3 aromatic rings. The van der Waals surface area contributed by atoms with Crippen molar-refractivity contribution >= 4 is 22.9 Å². The number of para-hydroxylation sites is 2. The van der Waals surface area contributed by atoms with Crippen LogP contribution in [0.25, 0.3) is 5.65 Å². The third-order valence-electron chi connectivity index (χ3n) is 4.69. The Balaban J connectivity index is 1.49. The molecule has 1 N–H and O–H groups in total. The molecule has 1 aromatic carbocycles. The summed E-state index contributed by atoms with van der Waals surface area (Å²) in [6, 6.07) is 13.7. The van der Waals surface area contributed by atoms with Gasteiger partial charge in [0.25, 0.3) is 0 Å². The monoisotopic (exact) mass is 364 g/mol. The highest BCUT2D eigenvalue weighted by molar-refractivity contribution is 5.95. The molecular weight excluding hydrogens is 340 g/mol. The van der Waals surface area contributed by atoms with E-state index in [0.717, 1.165) is 35.8 Å². The quantitative estimate of drug-likeness (QED) is 0.773. The molecule has 140 valence electrons. The van der Waals surface area contributed by atoms with Gasteiger partial charge in [-0.05, 0) is 38.1 Å². The minimum atomic E-state index is -0.0692. The van der Waals surface area contributed by atoms with Crippen LogP contribution >= 0.6 is 0 Å². The Morgan fingerprint density at radius 2 is 1.89 bits per heavy atom. The maximum Gasteiger partial charge on any atom is 0.230 e. The number of morpholine rings is 1. The lowest BCUT2D eigenvalue weighted by Crippen LogP contribution is -2.45. The molecule has 0 spiro atoms. The van der Waals surface area contributed by atoms with Crippen LogP contribution in [0.5, 0.6) is 0 Å². The van der Waals surface area contributed by atoms with E-state index in [2.05, 4.69) is 29.0 Å². The van der Waals surface area contributed by atoms with E-state index in [1.807, 2.05) is 59.3 Å². The van der Waals surface area contributed by atoms with E-state index in [0.29, 0.717) is 0 Å². The van der Waals surface area contributed by atoms with Crippen LogP contribution in [0.15, 0.2) is 54.9 Å². The Morgan fingerprint density at radius 1 is 1.15 bits per heavy atom. The fourth-order valence-electron chi connectivity index (χ4n) is 3.66. The standard InChI is InChI=1S/C21H24N4O2/c1-15-12-25(13-16(2)27-15)19-8-4-3-7-18(19)23-21(26)11-17-14-24-10-6-5-9-20(24)22-17/h3-10,14-16H,11-13H2,1-2H3,(H,23,26)/t15-,16-/m0/s1. The van der Waals surface area contributed by atoms with Gasteiger partial charge in [0.2, 0.25) is 5.91 Å². The summed E-state index contributed by atoms with van der Waals surface area (Å²) < 4.78 is 7.75. The van der Waals surface area contributed by atoms with Gasteiger partial charge >= 0.3 is 0 Å². The normalized spacial score (nSPS) is 20.0. The number of carbonyl (C=O) groups is 1. The van der Waals surface area contributed by atoms with Gasteiger partial charge in [-0.3, -0.25) is 4.79 Å². The van der Waals surface area contributed by atoms with Gasteiger partial charge < -0.3 is 19.4 Å². The molecule has 1 aliphatic rings. The van der Waals surface area contributed by atoms with E-state index in [-0.39, 0.29) is 24.5 Å². The van der Waals surface area contributed by atoms with Gasteiger partial charge in [0, 0.05) is 25.5 Å². The highest BCUT2D eigenvalue weighted by atomic mass is 16.5. The Bertz CT molecular complexity index is 909. The minimum absolute atomic E-state index is 0.0692. The molecule has 0 bridgehead atoms. The van der Waals surface area contributed by atoms with Crippen molar-refractivity contribution in [1.82, 2.24) is 9.38 Å². The molecule has 1 amide bonds. The first kappa shape index (κ1) is 17.5. The SMILES string of the molecule is C[C@H]1CN(c2ccccc2NC(=O)Cc2cn3ccccc3n2)C[C@H](C)O1. The van der Waals surface area contributed by atoms with Crippen LogP contribution < -0.4 is 10.2 Å². The Morgan fingerprint density at radius 3 is 2.67 bits per heavy atom. The smallest absolute Gasteiger partial charge is 0.230 e. The van der Waals surface area contributed by atoms with Gasteiger partial charge in [-0.15, -0.1) is 0 Å². The number of pyridine rings is 1. The number of ether oxygens (including phenoxy) is 1. The van der Waals surface area contributed by atoms with Crippen LogP contribution in [-0.4, -0.2) is 40.6 Å². The lowest BCUT2D eigenvalue weighted by atomic mass is 10.1. The molecule has 0 aliphatic carbocycles. The molecule has 4 rings (SSSR count). The zero-order valence-electron chi connectivity index (χ0n) is 15.6. The topological polar surface area (TPSA) is 58.9 Å². The molecule has 0 radical (unpaired) electrons. The Kier molecular flexibility index (Phi) is 4.81. The second-order valence-corrected chi connectivity index (χ2v) is 7.10. The van der Waals surface area contributed by atoms with E-state index in [1.54, 1.807) is 0 Å². The van der Waals surface area contributed by atoms with Crippen molar-refractivity contribution < 1.29 is 9.53 Å². The van der Waals surface area contributed by atoms with Crippen LogP contribution in [0.3, 0.4) is 0 Å². The number of nitrogens with zero attached hydrogens (tertiary/aromatic N) is 3. The number of rotatable bonds is 4. The van der Waals surface area contributed by atoms with Crippen molar-refractivity contribution in [3.05, 3.63) is 60.6 Å². The number of carbonyl (C=O) groups excluding carboxylic acids is 1. The Labute approximate surface area is 158 Å². The summed E-state index contributed by atoms with van der Waals surface area (Å²) in [5.74, 6) is -0.0692. The Hall–Kier alpha value is -2.86. The number of amides is 1. The van der Waals surface area contributed by atoms with Crippen molar-refractivity contribution in [3.63, 3.8) is 0 Å². The molecule has 27 heavy (non-hydrogen) atoms. The number of hydrogen-bond donors (Lipinski definition) is 1. The average molecular weight is 364 g/mol. The third-order valence-corrected chi connectivity index (χ3v) is 4.69. The number of aromatic nitrogens is 2. The van der Waals surface area contributed by atoms with Gasteiger partial charge in [-0.25, -0.2) is 4.98 Å². The second-order valence-electron chi connectivity index (χ2n) is 7.10. The predicted molar refractivity (Wildman–Crippen MR) is 106 cm³/mol. The van der Waals surface area contributed by atoms with E-state index >= 15 is 0 Å². The maximum atomic E-state index is 12.6. The van der Waals surface area contributed by atoms with Crippen LogP contribution in [0.2, 0.25) is 0 Å². The van der Waals surface area contributed by atoms with E-state index in [4.69, 9.17) is 4.74 Å². The fraction of sp³-hybridized carbons (Fsp3) is 0.333. The summed E-state index contributed by atoms with van der Waals surface area (Å²) in [6.45, 7) is 5.77. The minimum Gasteiger partial charge on any atom is -0.372 e. The zero-order chi connectivity index (χ0) is 18.8. The van der Waals surface area contributed by atoms with Crippen molar-refractivity contribution in [3.8, 4) is 0 Å². The van der Waals surface area contributed by atoms with Gasteiger partial charge in [0.1, 0.15) is 5.65 Å². The molecule has 6 nitrogen and oxygen atoms in total. The lowest BCUT2D eigenvalue weighted by Gasteiger charge is -2.37. The summed E-state index contributed by atoms with van der Waals surface area (Å²) >= 11 is 0. The summed E-state index contributed by atoms with van der Waals surface area (Å²) in [5, 5.41) is 3.06. The van der Waals surface area contributed by atoms with Crippen molar-refractivity contribution in [2.45, 2.75) is 32.5 Å².